The van der Waals surface area contributed by atoms with E-state index in [9.17, 15) is 0 Å². The van der Waals surface area contributed by atoms with Crippen molar-refractivity contribution in [2.75, 3.05) is 20.1 Å². The molecule has 16 heavy (non-hydrogen) atoms. The van der Waals surface area contributed by atoms with Gasteiger partial charge in [0.15, 0.2) is 0 Å². The maximum Gasteiger partial charge on any atom is 0.0408 e. The van der Waals surface area contributed by atoms with E-state index in [1.54, 1.807) is 0 Å². The third kappa shape index (κ3) is 2.76. The van der Waals surface area contributed by atoms with Crippen molar-refractivity contribution in [3.63, 3.8) is 0 Å². The number of nitrogens with zero attached hydrogens (tertiary/aromatic N) is 1. The van der Waals surface area contributed by atoms with E-state index in [-0.39, 0.29) is 0 Å². The van der Waals surface area contributed by atoms with E-state index in [0.29, 0.717) is 6.04 Å². The van der Waals surface area contributed by atoms with Crippen LogP contribution in [0.2, 0.25) is 5.02 Å². The van der Waals surface area contributed by atoms with Crippen molar-refractivity contribution in [3.8, 4) is 0 Å². The molecule has 1 N–H and O–H groups in total. The van der Waals surface area contributed by atoms with Gasteiger partial charge in [0.25, 0.3) is 0 Å². The number of hydrogen-bond donors (Lipinski definition) is 1. The fourth-order valence-electron chi connectivity index (χ4n) is 2.25. The molecule has 1 unspecified atom stereocenters. The summed E-state index contributed by atoms with van der Waals surface area (Å²) in [7, 11) is 2.20. The van der Waals surface area contributed by atoms with Crippen molar-refractivity contribution in [1.82, 2.24) is 10.2 Å². The molecule has 0 saturated carbocycles. The largest absolute Gasteiger partial charge is 0.315 e. The molecular weight excluding hydrogens is 220 g/mol. The molecule has 1 saturated heterocycles. The molecule has 1 atom stereocenters. The van der Waals surface area contributed by atoms with Crippen LogP contribution in [0.1, 0.15) is 17.5 Å². The lowest BCUT2D eigenvalue weighted by atomic mass is 10.1. The van der Waals surface area contributed by atoms with E-state index in [0.717, 1.165) is 24.7 Å². The summed E-state index contributed by atoms with van der Waals surface area (Å²) in [6, 6.07) is 6.83. The van der Waals surface area contributed by atoms with E-state index in [2.05, 4.69) is 30.3 Å². The number of benzene rings is 1. The van der Waals surface area contributed by atoms with Crippen LogP contribution in [0, 0.1) is 6.92 Å². The Morgan fingerprint density at radius 2 is 2.31 bits per heavy atom. The van der Waals surface area contributed by atoms with Gasteiger partial charge in [0.05, 0.1) is 0 Å². The first-order valence-electron chi connectivity index (χ1n) is 5.83. The molecule has 1 aromatic carbocycles. The highest BCUT2D eigenvalue weighted by Crippen LogP contribution is 2.18. The first-order valence-corrected chi connectivity index (χ1v) is 6.20. The van der Waals surface area contributed by atoms with E-state index in [1.807, 2.05) is 12.1 Å². The van der Waals surface area contributed by atoms with Gasteiger partial charge in [-0.25, -0.2) is 0 Å². The van der Waals surface area contributed by atoms with E-state index in [1.165, 1.54) is 17.5 Å². The lowest BCUT2D eigenvalue weighted by Gasteiger charge is -2.24. The first kappa shape index (κ1) is 11.9. The highest BCUT2D eigenvalue weighted by atomic mass is 35.5. The zero-order chi connectivity index (χ0) is 11.5. The molecule has 3 heteroatoms. The van der Waals surface area contributed by atoms with Crippen LogP contribution in [0.15, 0.2) is 18.2 Å². The zero-order valence-corrected chi connectivity index (χ0v) is 10.7. The summed E-state index contributed by atoms with van der Waals surface area (Å²) in [4.78, 5) is 2.43. The maximum absolute atomic E-state index is 5.96. The molecular formula is C13H19ClN2. The molecule has 0 aromatic heterocycles. The molecule has 0 aliphatic carbocycles. The van der Waals surface area contributed by atoms with Gasteiger partial charge in [-0.15, -0.1) is 0 Å². The first-order chi connectivity index (χ1) is 7.66. The number of rotatable bonds is 3. The summed E-state index contributed by atoms with van der Waals surface area (Å²) < 4.78 is 0. The minimum Gasteiger partial charge on any atom is -0.315 e. The van der Waals surface area contributed by atoms with Gasteiger partial charge < -0.3 is 5.32 Å². The second-order valence-electron chi connectivity index (χ2n) is 4.63. The molecule has 2 rings (SSSR count). The Bertz CT molecular complexity index is 359. The normalized spacial score (nSPS) is 20.6. The highest BCUT2D eigenvalue weighted by molar-refractivity contribution is 6.30. The van der Waals surface area contributed by atoms with Crippen molar-refractivity contribution in [1.29, 1.82) is 0 Å². The summed E-state index contributed by atoms with van der Waals surface area (Å²) in [5, 5.41) is 4.23. The summed E-state index contributed by atoms with van der Waals surface area (Å²) in [6.07, 6.45) is 1.25. The van der Waals surface area contributed by atoms with Crippen LogP contribution in [0.3, 0.4) is 0 Å². The fraction of sp³-hybridized carbons (Fsp3) is 0.538. The Kier molecular flexibility index (Phi) is 3.85. The van der Waals surface area contributed by atoms with Gasteiger partial charge in [-0.1, -0.05) is 17.7 Å². The van der Waals surface area contributed by atoms with Crippen LogP contribution < -0.4 is 5.32 Å². The Morgan fingerprint density at radius 3 is 2.94 bits per heavy atom. The average molecular weight is 239 g/mol. The van der Waals surface area contributed by atoms with Gasteiger partial charge in [-0.3, -0.25) is 4.90 Å². The second kappa shape index (κ2) is 5.17. The zero-order valence-electron chi connectivity index (χ0n) is 9.96. The molecule has 1 aromatic rings. The number of halogens is 1. The van der Waals surface area contributed by atoms with Crippen LogP contribution in [0.5, 0.6) is 0 Å². The van der Waals surface area contributed by atoms with Crippen LogP contribution in [0.25, 0.3) is 0 Å². The number of hydrogen-bond acceptors (Lipinski definition) is 2. The monoisotopic (exact) mass is 238 g/mol. The van der Waals surface area contributed by atoms with Gasteiger partial charge >= 0.3 is 0 Å². The third-order valence-electron chi connectivity index (χ3n) is 3.38. The fourth-order valence-corrected chi connectivity index (χ4v) is 2.48. The Labute approximate surface area is 103 Å². The van der Waals surface area contributed by atoms with E-state index < -0.39 is 0 Å². The standard InChI is InChI=1S/C13H19ClN2/c1-10-7-12(14)4-3-11(10)9-16(2)13-5-6-15-8-13/h3-4,7,13,15H,5-6,8-9H2,1-2H3. The molecule has 0 bridgehead atoms. The minimum absolute atomic E-state index is 0.676. The van der Waals surface area contributed by atoms with Gasteiger partial charge in [0.2, 0.25) is 0 Å². The van der Waals surface area contributed by atoms with Crippen LogP contribution >= 0.6 is 11.6 Å². The Balaban J connectivity index is 2.02. The minimum atomic E-state index is 0.676. The van der Waals surface area contributed by atoms with Crippen LogP contribution in [-0.2, 0) is 6.54 Å². The van der Waals surface area contributed by atoms with Gasteiger partial charge in [-0.2, -0.15) is 0 Å². The molecule has 0 amide bonds. The van der Waals surface area contributed by atoms with Crippen LogP contribution in [-0.4, -0.2) is 31.1 Å². The Hall–Kier alpha value is -0.570. The molecule has 1 heterocycles. The summed E-state index contributed by atoms with van der Waals surface area (Å²) in [5.74, 6) is 0. The molecule has 1 fully saturated rings. The predicted octanol–water partition coefficient (Wildman–Crippen LogP) is 2.44. The number of aryl methyl sites for hydroxylation is 1. The third-order valence-corrected chi connectivity index (χ3v) is 3.62. The highest BCUT2D eigenvalue weighted by Gasteiger charge is 2.19. The van der Waals surface area contributed by atoms with Crippen molar-refractivity contribution in [3.05, 3.63) is 34.3 Å². The molecule has 88 valence electrons. The van der Waals surface area contributed by atoms with Crippen molar-refractivity contribution < 1.29 is 0 Å². The summed E-state index contributed by atoms with van der Waals surface area (Å²) in [6.45, 7) is 5.40. The van der Waals surface area contributed by atoms with Crippen LogP contribution in [0.4, 0.5) is 0 Å². The maximum atomic E-state index is 5.96. The van der Waals surface area contributed by atoms with Gasteiger partial charge in [-0.05, 0) is 50.2 Å². The second-order valence-corrected chi connectivity index (χ2v) is 5.07. The molecule has 1 aliphatic heterocycles. The molecule has 0 spiro atoms. The SMILES string of the molecule is Cc1cc(Cl)ccc1CN(C)C1CCNC1. The molecule has 0 radical (unpaired) electrons. The topological polar surface area (TPSA) is 15.3 Å². The predicted molar refractivity (Wildman–Crippen MR) is 68.9 cm³/mol. The van der Waals surface area contributed by atoms with Crippen molar-refractivity contribution in [2.24, 2.45) is 0 Å². The molecule has 2 nitrogen and oxygen atoms in total. The number of likely N-dealkylation sites (N-methyl/N-ethyl adjacent to an activating group) is 1. The van der Waals surface area contributed by atoms with Gasteiger partial charge in [0, 0.05) is 24.2 Å². The summed E-state index contributed by atoms with van der Waals surface area (Å²) >= 11 is 5.96. The number of nitrogens with one attached hydrogen (secondary N) is 1. The van der Waals surface area contributed by atoms with E-state index >= 15 is 0 Å². The van der Waals surface area contributed by atoms with Crippen molar-refractivity contribution in [2.45, 2.75) is 25.9 Å². The van der Waals surface area contributed by atoms with Gasteiger partial charge in [0.1, 0.15) is 0 Å². The summed E-state index contributed by atoms with van der Waals surface area (Å²) in [5.41, 5.74) is 2.66. The van der Waals surface area contributed by atoms with E-state index in [4.69, 9.17) is 11.6 Å². The quantitative estimate of drug-likeness (QED) is 0.870. The average Bonchev–Trinajstić information content (AvgIpc) is 2.75. The lowest BCUT2D eigenvalue weighted by molar-refractivity contribution is 0.248. The smallest absolute Gasteiger partial charge is 0.0408 e. The molecule has 1 aliphatic rings. The lowest BCUT2D eigenvalue weighted by Crippen LogP contribution is -2.33. The van der Waals surface area contributed by atoms with Crippen molar-refractivity contribution >= 4 is 11.6 Å². The Morgan fingerprint density at radius 1 is 1.50 bits per heavy atom.